The van der Waals surface area contributed by atoms with Crippen molar-refractivity contribution < 1.29 is 14.3 Å². The molecule has 27 heavy (non-hydrogen) atoms. The lowest BCUT2D eigenvalue weighted by atomic mass is 10.1. The van der Waals surface area contributed by atoms with E-state index in [2.05, 4.69) is 20.6 Å². The normalized spacial score (nSPS) is 15.8. The average molecular weight is 365 g/mol. The number of ether oxygens (including phenoxy) is 2. The number of nitrogens with zero attached hydrogens (tertiary/aromatic N) is 4. The van der Waals surface area contributed by atoms with Gasteiger partial charge < -0.3 is 14.8 Å². The van der Waals surface area contributed by atoms with Crippen molar-refractivity contribution in [2.24, 2.45) is 0 Å². The zero-order valence-corrected chi connectivity index (χ0v) is 14.8. The number of fused-ring (bicyclic) bond motifs is 1. The van der Waals surface area contributed by atoms with Gasteiger partial charge in [0.1, 0.15) is 11.9 Å². The third kappa shape index (κ3) is 3.65. The third-order valence-corrected chi connectivity index (χ3v) is 4.48. The average Bonchev–Trinajstić information content (AvgIpc) is 3.16. The van der Waals surface area contributed by atoms with Gasteiger partial charge in [0.2, 0.25) is 0 Å². The van der Waals surface area contributed by atoms with E-state index in [0.717, 1.165) is 16.9 Å². The molecule has 0 aliphatic carbocycles. The van der Waals surface area contributed by atoms with Crippen molar-refractivity contribution in [1.82, 2.24) is 25.3 Å². The minimum Gasteiger partial charge on any atom is -0.497 e. The molecule has 0 spiro atoms. The summed E-state index contributed by atoms with van der Waals surface area (Å²) in [5, 5.41) is 11.0. The zero-order chi connectivity index (χ0) is 18.6. The first kappa shape index (κ1) is 17.2. The van der Waals surface area contributed by atoms with Gasteiger partial charge in [-0.1, -0.05) is 23.4 Å². The van der Waals surface area contributed by atoms with Crippen molar-refractivity contribution in [3.63, 3.8) is 0 Å². The smallest absolute Gasteiger partial charge is 0.274 e. The Kier molecular flexibility index (Phi) is 4.80. The molecule has 1 atom stereocenters. The van der Waals surface area contributed by atoms with E-state index in [4.69, 9.17) is 9.47 Å². The summed E-state index contributed by atoms with van der Waals surface area (Å²) in [7, 11) is 1.63. The maximum absolute atomic E-state index is 12.5. The van der Waals surface area contributed by atoms with Crippen LogP contribution in [-0.4, -0.2) is 33.0 Å². The van der Waals surface area contributed by atoms with Crippen LogP contribution in [0, 0.1) is 0 Å². The molecule has 1 N–H and O–H groups in total. The van der Waals surface area contributed by atoms with E-state index in [9.17, 15) is 4.79 Å². The quantitative estimate of drug-likeness (QED) is 0.742. The van der Waals surface area contributed by atoms with Crippen LogP contribution in [0.3, 0.4) is 0 Å². The molecule has 3 heterocycles. The van der Waals surface area contributed by atoms with Crippen molar-refractivity contribution in [3.05, 3.63) is 71.3 Å². The van der Waals surface area contributed by atoms with Crippen molar-refractivity contribution in [2.45, 2.75) is 25.8 Å². The number of nitrogens with one attached hydrogen (secondary N) is 1. The monoisotopic (exact) mass is 365 g/mol. The van der Waals surface area contributed by atoms with Crippen LogP contribution in [-0.2, 0) is 24.4 Å². The van der Waals surface area contributed by atoms with Gasteiger partial charge >= 0.3 is 0 Å². The number of rotatable bonds is 5. The van der Waals surface area contributed by atoms with Gasteiger partial charge in [-0.05, 0) is 29.3 Å². The second-order valence-corrected chi connectivity index (χ2v) is 6.18. The first-order chi connectivity index (χ1) is 13.2. The molecule has 1 aromatic carbocycles. The van der Waals surface area contributed by atoms with E-state index in [1.807, 2.05) is 36.4 Å². The number of carbonyl (C=O) groups is 1. The molecule has 0 radical (unpaired) electrons. The molecule has 138 valence electrons. The van der Waals surface area contributed by atoms with Crippen LogP contribution in [0.4, 0.5) is 0 Å². The lowest BCUT2D eigenvalue weighted by Gasteiger charge is -2.24. The molecule has 4 rings (SSSR count). The standard InChI is InChI=1S/C19H19N5O3/c1-26-15-6-4-14(5-7-15)17-11-24-16(12-27-17)18(22-23-24)19(25)21-10-13-3-2-8-20-9-13/h2-9,17H,10-12H2,1H3,(H,21,25)/t17-/m1/s1. The Balaban J connectivity index is 1.44. The molecule has 8 heteroatoms. The van der Waals surface area contributed by atoms with Crippen LogP contribution < -0.4 is 10.1 Å². The van der Waals surface area contributed by atoms with Gasteiger partial charge in [0.05, 0.1) is 26.0 Å². The predicted octanol–water partition coefficient (Wildman–Crippen LogP) is 1.88. The molecule has 0 saturated heterocycles. The summed E-state index contributed by atoms with van der Waals surface area (Å²) in [4.78, 5) is 16.5. The van der Waals surface area contributed by atoms with Crippen LogP contribution in [0.2, 0.25) is 0 Å². The van der Waals surface area contributed by atoms with Gasteiger partial charge in [-0.15, -0.1) is 5.10 Å². The number of benzene rings is 1. The van der Waals surface area contributed by atoms with E-state index in [1.54, 1.807) is 24.2 Å². The van der Waals surface area contributed by atoms with Crippen LogP contribution in [0.25, 0.3) is 0 Å². The number of aromatic nitrogens is 4. The molecule has 3 aromatic rings. The molecule has 1 aliphatic rings. The van der Waals surface area contributed by atoms with Gasteiger partial charge in [0.25, 0.3) is 5.91 Å². The Labute approximate surface area is 156 Å². The number of methoxy groups -OCH3 is 1. The molecular formula is C19H19N5O3. The fraction of sp³-hybridized carbons (Fsp3) is 0.263. The Morgan fingerprint density at radius 2 is 2.19 bits per heavy atom. The number of hydrogen-bond donors (Lipinski definition) is 1. The molecule has 0 bridgehead atoms. The fourth-order valence-corrected chi connectivity index (χ4v) is 2.98. The van der Waals surface area contributed by atoms with Gasteiger partial charge in [-0.3, -0.25) is 9.78 Å². The van der Waals surface area contributed by atoms with Gasteiger partial charge in [-0.25, -0.2) is 4.68 Å². The summed E-state index contributed by atoms with van der Waals surface area (Å²) in [5.74, 6) is 0.523. The van der Waals surface area contributed by atoms with Crippen LogP contribution in [0.5, 0.6) is 5.75 Å². The molecule has 0 fully saturated rings. The maximum atomic E-state index is 12.5. The van der Waals surface area contributed by atoms with Crippen LogP contribution >= 0.6 is 0 Å². The summed E-state index contributed by atoms with van der Waals surface area (Å²) in [6.07, 6.45) is 3.26. The summed E-state index contributed by atoms with van der Waals surface area (Å²) in [6, 6.07) is 11.4. The highest BCUT2D eigenvalue weighted by molar-refractivity contribution is 5.93. The van der Waals surface area contributed by atoms with Gasteiger partial charge in [0, 0.05) is 18.9 Å². The summed E-state index contributed by atoms with van der Waals surface area (Å²) in [5.41, 5.74) is 2.93. The van der Waals surface area contributed by atoms with E-state index in [1.165, 1.54) is 0 Å². The molecule has 1 amide bonds. The molecule has 8 nitrogen and oxygen atoms in total. The van der Waals surface area contributed by atoms with Crippen molar-refractivity contribution in [1.29, 1.82) is 0 Å². The minimum absolute atomic E-state index is 0.142. The molecule has 0 unspecified atom stereocenters. The maximum Gasteiger partial charge on any atom is 0.274 e. The Morgan fingerprint density at radius 3 is 2.93 bits per heavy atom. The van der Waals surface area contributed by atoms with E-state index in [-0.39, 0.29) is 18.6 Å². The second kappa shape index (κ2) is 7.55. The predicted molar refractivity (Wildman–Crippen MR) is 96.0 cm³/mol. The fourth-order valence-electron chi connectivity index (χ4n) is 2.98. The molecule has 2 aromatic heterocycles. The summed E-state index contributed by atoms with van der Waals surface area (Å²) >= 11 is 0. The Bertz CT molecular complexity index is 924. The number of pyridine rings is 1. The molecular weight excluding hydrogens is 346 g/mol. The first-order valence-corrected chi connectivity index (χ1v) is 8.59. The topological polar surface area (TPSA) is 91.2 Å². The highest BCUT2D eigenvalue weighted by atomic mass is 16.5. The minimum atomic E-state index is -0.272. The summed E-state index contributed by atoms with van der Waals surface area (Å²) in [6.45, 7) is 1.16. The van der Waals surface area contributed by atoms with E-state index >= 15 is 0 Å². The van der Waals surface area contributed by atoms with Gasteiger partial charge in [0.15, 0.2) is 5.69 Å². The Hall–Kier alpha value is -3.26. The van der Waals surface area contributed by atoms with Crippen molar-refractivity contribution in [3.8, 4) is 5.75 Å². The van der Waals surface area contributed by atoms with Crippen molar-refractivity contribution in [2.75, 3.05) is 7.11 Å². The van der Waals surface area contributed by atoms with Crippen molar-refractivity contribution >= 4 is 5.91 Å². The van der Waals surface area contributed by atoms with Crippen LogP contribution in [0.15, 0.2) is 48.8 Å². The van der Waals surface area contributed by atoms with E-state index in [0.29, 0.717) is 24.5 Å². The summed E-state index contributed by atoms with van der Waals surface area (Å²) < 4.78 is 12.9. The first-order valence-electron chi connectivity index (χ1n) is 8.59. The lowest BCUT2D eigenvalue weighted by molar-refractivity contribution is -0.00179. The largest absolute Gasteiger partial charge is 0.497 e. The Morgan fingerprint density at radius 1 is 1.33 bits per heavy atom. The van der Waals surface area contributed by atoms with Gasteiger partial charge in [-0.2, -0.15) is 0 Å². The highest BCUT2D eigenvalue weighted by Crippen LogP contribution is 2.28. The second-order valence-electron chi connectivity index (χ2n) is 6.18. The highest BCUT2D eigenvalue weighted by Gasteiger charge is 2.27. The molecule has 0 saturated carbocycles. The number of amides is 1. The number of carbonyl (C=O) groups excluding carboxylic acids is 1. The van der Waals surface area contributed by atoms with E-state index < -0.39 is 0 Å². The number of hydrogen-bond acceptors (Lipinski definition) is 6. The van der Waals surface area contributed by atoms with Crippen LogP contribution in [0.1, 0.15) is 33.4 Å². The third-order valence-electron chi connectivity index (χ3n) is 4.48. The molecule has 1 aliphatic heterocycles. The lowest BCUT2D eigenvalue weighted by Crippen LogP contribution is -2.27. The SMILES string of the molecule is COc1ccc([C@H]2Cn3nnc(C(=O)NCc4cccnc4)c3CO2)cc1. The zero-order valence-electron chi connectivity index (χ0n) is 14.8.